The summed E-state index contributed by atoms with van der Waals surface area (Å²) in [6.45, 7) is 0.587. The Bertz CT molecular complexity index is 720. The van der Waals surface area contributed by atoms with Crippen molar-refractivity contribution in [3.05, 3.63) is 48.2 Å². The maximum Gasteiger partial charge on any atom is 0.202 e. The molecule has 0 amide bonds. The summed E-state index contributed by atoms with van der Waals surface area (Å²) in [7, 11) is 1.66. The molecule has 0 radical (unpaired) electrons. The molecule has 5 heteroatoms. The zero-order valence-corrected chi connectivity index (χ0v) is 10.6. The predicted octanol–water partition coefficient (Wildman–Crippen LogP) is 2.07. The van der Waals surface area contributed by atoms with Crippen molar-refractivity contribution in [2.24, 2.45) is 0 Å². The van der Waals surface area contributed by atoms with Crippen molar-refractivity contribution in [1.29, 1.82) is 0 Å². The molecule has 2 N–H and O–H groups in total. The summed E-state index contributed by atoms with van der Waals surface area (Å²) in [5.41, 5.74) is 8.59. The number of anilines is 1. The Labute approximate surface area is 110 Å². The molecule has 2 aromatic heterocycles. The van der Waals surface area contributed by atoms with Gasteiger partial charge in [0, 0.05) is 11.8 Å². The first-order valence-corrected chi connectivity index (χ1v) is 5.98. The maximum atomic E-state index is 5.96. The number of nitrogen functional groups attached to an aromatic ring is 1. The van der Waals surface area contributed by atoms with Gasteiger partial charge in [-0.2, -0.15) is 0 Å². The Morgan fingerprint density at radius 3 is 2.89 bits per heavy atom. The van der Waals surface area contributed by atoms with Crippen LogP contribution >= 0.6 is 0 Å². The van der Waals surface area contributed by atoms with Crippen molar-refractivity contribution < 1.29 is 4.74 Å². The van der Waals surface area contributed by atoms with Crippen LogP contribution in [0.15, 0.2) is 42.6 Å². The quantitative estimate of drug-likeness (QED) is 0.777. The van der Waals surface area contributed by atoms with Crippen molar-refractivity contribution in [1.82, 2.24) is 14.5 Å². The van der Waals surface area contributed by atoms with Gasteiger partial charge in [0.25, 0.3) is 0 Å². The molecule has 0 aliphatic carbocycles. The van der Waals surface area contributed by atoms with Gasteiger partial charge >= 0.3 is 0 Å². The van der Waals surface area contributed by atoms with Crippen LogP contribution in [0.3, 0.4) is 0 Å². The van der Waals surface area contributed by atoms with E-state index < -0.39 is 0 Å². The van der Waals surface area contributed by atoms with Crippen LogP contribution in [-0.4, -0.2) is 21.6 Å². The predicted molar refractivity (Wildman–Crippen MR) is 74.0 cm³/mol. The van der Waals surface area contributed by atoms with Gasteiger partial charge in [-0.25, -0.2) is 9.97 Å². The lowest BCUT2D eigenvalue weighted by Crippen LogP contribution is -2.06. The summed E-state index contributed by atoms with van der Waals surface area (Å²) < 4.78 is 7.23. The van der Waals surface area contributed by atoms with E-state index in [-0.39, 0.29) is 0 Å². The normalized spacial score (nSPS) is 10.8. The third kappa shape index (κ3) is 1.99. The Balaban J connectivity index is 2.08. The summed E-state index contributed by atoms with van der Waals surface area (Å²) in [4.78, 5) is 8.64. The van der Waals surface area contributed by atoms with E-state index in [1.54, 1.807) is 13.3 Å². The highest BCUT2D eigenvalue weighted by Crippen LogP contribution is 2.22. The lowest BCUT2D eigenvalue weighted by atomic mass is 10.2. The van der Waals surface area contributed by atoms with Crippen LogP contribution < -0.4 is 10.5 Å². The molecule has 0 atom stereocenters. The summed E-state index contributed by atoms with van der Waals surface area (Å²) in [5, 5.41) is 0. The zero-order chi connectivity index (χ0) is 13.2. The number of aromatic nitrogens is 3. The third-order valence-corrected chi connectivity index (χ3v) is 3.05. The van der Waals surface area contributed by atoms with Gasteiger partial charge in [0.05, 0.1) is 13.7 Å². The Morgan fingerprint density at radius 2 is 2.05 bits per heavy atom. The highest BCUT2D eigenvalue weighted by molar-refractivity contribution is 5.73. The van der Waals surface area contributed by atoms with E-state index in [0.717, 1.165) is 22.5 Å². The van der Waals surface area contributed by atoms with Gasteiger partial charge in [-0.15, -0.1) is 0 Å². The summed E-state index contributed by atoms with van der Waals surface area (Å²) in [6.07, 6.45) is 1.74. The average molecular weight is 254 g/mol. The minimum atomic E-state index is 0.458. The Hall–Kier alpha value is -2.56. The standard InChI is InChI=1S/C14H14N4O/c1-19-12-7-3-2-5-10(12)9-18-13-11(17-14(18)15)6-4-8-16-13/h2-8H,9H2,1H3,(H2,15,17). The minimum absolute atomic E-state index is 0.458. The smallest absolute Gasteiger partial charge is 0.202 e. The number of para-hydroxylation sites is 1. The number of methoxy groups -OCH3 is 1. The number of fused-ring (bicyclic) bond motifs is 1. The van der Waals surface area contributed by atoms with E-state index in [1.807, 2.05) is 41.0 Å². The molecule has 0 saturated carbocycles. The largest absolute Gasteiger partial charge is 0.496 e. The van der Waals surface area contributed by atoms with Gasteiger partial charge in [-0.3, -0.25) is 4.57 Å². The fourth-order valence-electron chi connectivity index (χ4n) is 2.14. The minimum Gasteiger partial charge on any atom is -0.496 e. The van der Waals surface area contributed by atoms with E-state index in [9.17, 15) is 0 Å². The topological polar surface area (TPSA) is 66.0 Å². The van der Waals surface area contributed by atoms with Gasteiger partial charge in [0.15, 0.2) is 5.65 Å². The molecule has 5 nitrogen and oxygen atoms in total. The number of ether oxygens (including phenoxy) is 1. The SMILES string of the molecule is COc1ccccc1Cn1c(N)nc2cccnc21. The number of benzene rings is 1. The number of imidazole rings is 1. The molecule has 0 unspecified atom stereocenters. The number of pyridine rings is 1. The van der Waals surface area contributed by atoms with Crippen molar-refractivity contribution in [3.8, 4) is 5.75 Å². The molecule has 0 bridgehead atoms. The second-order valence-electron chi connectivity index (χ2n) is 4.21. The molecule has 0 aliphatic heterocycles. The molecule has 96 valence electrons. The van der Waals surface area contributed by atoms with Crippen LogP contribution in [0.4, 0.5) is 5.95 Å². The van der Waals surface area contributed by atoms with Crippen molar-refractivity contribution in [2.75, 3.05) is 12.8 Å². The van der Waals surface area contributed by atoms with Gasteiger partial charge < -0.3 is 10.5 Å². The van der Waals surface area contributed by atoms with Crippen LogP contribution in [-0.2, 0) is 6.54 Å². The van der Waals surface area contributed by atoms with E-state index in [2.05, 4.69) is 9.97 Å². The molecule has 0 saturated heterocycles. The van der Waals surface area contributed by atoms with Crippen LogP contribution in [0.1, 0.15) is 5.56 Å². The van der Waals surface area contributed by atoms with Gasteiger partial charge in [-0.05, 0) is 18.2 Å². The van der Waals surface area contributed by atoms with Crippen LogP contribution in [0.25, 0.3) is 11.2 Å². The van der Waals surface area contributed by atoms with Crippen LogP contribution in [0, 0.1) is 0 Å². The molecule has 19 heavy (non-hydrogen) atoms. The lowest BCUT2D eigenvalue weighted by Gasteiger charge is -2.10. The second kappa shape index (κ2) is 4.61. The van der Waals surface area contributed by atoms with Crippen molar-refractivity contribution in [2.45, 2.75) is 6.54 Å². The summed E-state index contributed by atoms with van der Waals surface area (Å²) >= 11 is 0. The molecule has 0 spiro atoms. The molecular weight excluding hydrogens is 240 g/mol. The van der Waals surface area contributed by atoms with Gasteiger partial charge in [0.1, 0.15) is 11.3 Å². The fourth-order valence-corrected chi connectivity index (χ4v) is 2.14. The van der Waals surface area contributed by atoms with Gasteiger partial charge in [-0.1, -0.05) is 18.2 Å². The molecule has 0 aliphatic rings. The summed E-state index contributed by atoms with van der Waals surface area (Å²) in [6, 6.07) is 11.6. The summed E-state index contributed by atoms with van der Waals surface area (Å²) in [5.74, 6) is 1.29. The monoisotopic (exact) mass is 254 g/mol. The first-order valence-electron chi connectivity index (χ1n) is 5.98. The van der Waals surface area contributed by atoms with E-state index in [4.69, 9.17) is 10.5 Å². The molecule has 2 heterocycles. The van der Waals surface area contributed by atoms with Crippen LogP contribution in [0.2, 0.25) is 0 Å². The number of nitrogens with zero attached hydrogens (tertiary/aromatic N) is 3. The number of hydrogen-bond acceptors (Lipinski definition) is 4. The number of hydrogen-bond donors (Lipinski definition) is 1. The lowest BCUT2D eigenvalue weighted by molar-refractivity contribution is 0.408. The number of nitrogens with two attached hydrogens (primary N) is 1. The first-order chi connectivity index (χ1) is 9.29. The zero-order valence-electron chi connectivity index (χ0n) is 10.6. The fraction of sp³-hybridized carbons (Fsp3) is 0.143. The Morgan fingerprint density at radius 1 is 1.21 bits per heavy atom. The second-order valence-corrected chi connectivity index (χ2v) is 4.21. The average Bonchev–Trinajstić information content (AvgIpc) is 2.76. The number of rotatable bonds is 3. The molecular formula is C14H14N4O. The molecule has 3 aromatic rings. The maximum absolute atomic E-state index is 5.96. The highest BCUT2D eigenvalue weighted by atomic mass is 16.5. The van der Waals surface area contributed by atoms with Crippen LogP contribution in [0.5, 0.6) is 5.75 Å². The Kier molecular flexibility index (Phi) is 2.79. The van der Waals surface area contributed by atoms with E-state index in [0.29, 0.717) is 12.5 Å². The van der Waals surface area contributed by atoms with Crippen molar-refractivity contribution in [3.63, 3.8) is 0 Å². The molecule has 1 aromatic carbocycles. The van der Waals surface area contributed by atoms with E-state index >= 15 is 0 Å². The first kappa shape index (κ1) is 11.5. The third-order valence-electron chi connectivity index (χ3n) is 3.05. The van der Waals surface area contributed by atoms with Crippen molar-refractivity contribution >= 4 is 17.1 Å². The highest BCUT2D eigenvalue weighted by Gasteiger charge is 2.11. The molecule has 3 rings (SSSR count). The van der Waals surface area contributed by atoms with Gasteiger partial charge in [0.2, 0.25) is 5.95 Å². The van der Waals surface area contributed by atoms with E-state index in [1.165, 1.54) is 0 Å². The molecule has 0 fully saturated rings.